The number of benzene rings is 2. The third-order valence-corrected chi connectivity index (χ3v) is 5.74. The Balaban J connectivity index is 1.66. The van der Waals surface area contributed by atoms with Crippen LogP contribution >= 0.6 is 0 Å². The lowest BCUT2D eigenvalue weighted by Crippen LogP contribution is -2.22. The van der Waals surface area contributed by atoms with Gasteiger partial charge in [-0.1, -0.05) is 42.0 Å². The summed E-state index contributed by atoms with van der Waals surface area (Å²) in [5.41, 5.74) is 7.16. The smallest absolute Gasteiger partial charge is 0.166 e. The maximum Gasteiger partial charge on any atom is 0.166 e. The lowest BCUT2D eigenvalue weighted by atomic mass is 9.82. The molecule has 1 aliphatic carbocycles. The van der Waals surface area contributed by atoms with E-state index in [1.54, 1.807) is 18.3 Å². The van der Waals surface area contributed by atoms with Gasteiger partial charge in [0, 0.05) is 18.2 Å². The molecule has 29 heavy (non-hydrogen) atoms. The van der Waals surface area contributed by atoms with E-state index in [0.29, 0.717) is 17.6 Å². The average molecular weight is 385 g/mol. The predicted molar refractivity (Wildman–Crippen MR) is 110 cm³/mol. The van der Waals surface area contributed by atoms with Crippen LogP contribution in [0.3, 0.4) is 0 Å². The second-order valence-electron chi connectivity index (χ2n) is 7.76. The normalized spacial score (nSPS) is 16.2. The zero-order valence-electron chi connectivity index (χ0n) is 16.3. The van der Waals surface area contributed by atoms with Crippen molar-refractivity contribution in [2.75, 3.05) is 0 Å². The highest BCUT2D eigenvalue weighted by Gasteiger charge is 2.30. The van der Waals surface area contributed by atoms with Gasteiger partial charge in [-0.05, 0) is 49.4 Å². The molecule has 0 N–H and O–H groups in total. The van der Waals surface area contributed by atoms with Crippen molar-refractivity contribution in [2.45, 2.75) is 32.6 Å². The van der Waals surface area contributed by atoms with Crippen LogP contribution in [0.1, 0.15) is 45.2 Å². The van der Waals surface area contributed by atoms with E-state index in [0.717, 1.165) is 28.9 Å². The third-order valence-electron chi connectivity index (χ3n) is 5.74. The zero-order valence-corrected chi connectivity index (χ0v) is 16.3. The van der Waals surface area contributed by atoms with Gasteiger partial charge in [0.1, 0.15) is 5.82 Å². The molecule has 0 saturated heterocycles. The number of carbonyl (C=O) groups excluding carboxylic acids is 1. The Hall–Kier alpha value is -3.34. The zero-order chi connectivity index (χ0) is 20.1. The number of halogens is 1. The van der Waals surface area contributed by atoms with Crippen molar-refractivity contribution in [1.29, 1.82) is 0 Å². The number of hydrogen-bond acceptors (Lipinski definition) is 3. The molecular formula is C24H20FN3O. The molecule has 0 amide bonds. The minimum absolute atomic E-state index is 0.101. The van der Waals surface area contributed by atoms with E-state index in [1.165, 1.54) is 23.3 Å². The van der Waals surface area contributed by atoms with Crippen LogP contribution in [0.15, 0.2) is 54.7 Å². The van der Waals surface area contributed by atoms with E-state index in [4.69, 9.17) is 5.10 Å². The monoisotopic (exact) mass is 385 g/mol. The number of ketones is 1. The van der Waals surface area contributed by atoms with Gasteiger partial charge in [-0.3, -0.25) is 4.79 Å². The number of nitrogens with zero attached hydrogens (tertiary/aromatic N) is 3. The van der Waals surface area contributed by atoms with Crippen molar-refractivity contribution >= 4 is 11.4 Å². The van der Waals surface area contributed by atoms with Gasteiger partial charge < -0.3 is 0 Å². The number of aromatic nitrogens is 3. The Labute approximate surface area is 168 Å². The van der Waals surface area contributed by atoms with Crippen molar-refractivity contribution < 1.29 is 9.18 Å². The van der Waals surface area contributed by atoms with E-state index in [1.807, 2.05) is 17.5 Å². The van der Waals surface area contributed by atoms with Gasteiger partial charge >= 0.3 is 0 Å². The van der Waals surface area contributed by atoms with Gasteiger partial charge in [0.05, 0.1) is 17.0 Å². The Bertz CT molecular complexity index is 1260. The fraction of sp³-hybridized carbons (Fsp3) is 0.208. The predicted octanol–water partition coefficient (Wildman–Crippen LogP) is 5.06. The first kappa shape index (κ1) is 17.7. The van der Waals surface area contributed by atoms with Gasteiger partial charge in [-0.25, -0.2) is 13.9 Å². The molecule has 4 nitrogen and oxygen atoms in total. The first-order chi connectivity index (χ1) is 14.0. The second-order valence-corrected chi connectivity index (χ2v) is 7.76. The standard InChI is InChI=1S/C24H20FN3O/c1-14-4-3-5-17(10-14)18-11-21-20(22(29)12-18)13-26-24-23(15(2)27-28(21)24)16-6-8-19(25)9-7-16/h3-10,13,18H,11-12H2,1-2H3/t18-/m0/s1. The van der Waals surface area contributed by atoms with Gasteiger partial charge in [0.25, 0.3) is 0 Å². The van der Waals surface area contributed by atoms with Crippen LogP contribution in [-0.2, 0) is 6.42 Å². The van der Waals surface area contributed by atoms with E-state index in [-0.39, 0.29) is 17.5 Å². The number of fused-ring (bicyclic) bond motifs is 3. The summed E-state index contributed by atoms with van der Waals surface area (Å²) < 4.78 is 15.2. The van der Waals surface area contributed by atoms with Crippen molar-refractivity contribution in [2.24, 2.45) is 0 Å². The summed E-state index contributed by atoms with van der Waals surface area (Å²) in [5.74, 6) is -0.0530. The van der Waals surface area contributed by atoms with Crippen LogP contribution in [0, 0.1) is 19.7 Å². The molecule has 0 fully saturated rings. The van der Waals surface area contributed by atoms with E-state index in [2.05, 4.69) is 30.1 Å². The highest BCUT2D eigenvalue weighted by molar-refractivity contribution is 5.99. The van der Waals surface area contributed by atoms with Gasteiger partial charge in [0.15, 0.2) is 11.4 Å². The van der Waals surface area contributed by atoms with Gasteiger partial charge in [-0.2, -0.15) is 5.10 Å². The molecule has 0 aliphatic heterocycles. The molecule has 2 aromatic heterocycles. The summed E-state index contributed by atoms with van der Waals surface area (Å²) in [5, 5.41) is 4.71. The van der Waals surface area contributed by atoms with Crippen LogP contribution in [0.25, 0.3) is 16.8 Å². The van der Waals surface area contributed by atoms with E-state index < -0.39 is 0 Å². The van der Waals surface area contributed by atoms with Crippen molar-refractivity contribution in [3.63, 3.8) is 0 Å². The van der Waals surface area contributed by atoms with Crippen LogP contribution in [-0.4, -0.2) is 20.4 Å². The summed E-state index contributed by atoms with van der Waals surface area (Å²) in [6, 6.07) is 14.7. The molecule has 1 aliphatic rings. The van der Waals surface area contributed by atoms with Crippen LogP contribution < -0.4 is 0 Å². The molecule has 0 radical (unpaired) electrons. The van der Waals surface area contributed by atoms with Crippen LogP contribution in [0.4, 0.5) is 4.39 Å². The lowest BCUT2D eigenvalue weighted by molar-refractivity contribution is 0.0962. The molecule has 0 saturated carbocycles. The average Bonchev–Trinajstić information content (AvgIpc) is 3.05. The minimum Gasteiger partial charge on any atom is -0.294 e. The van der Waals surface area contributed by atoms with Crippen LogP contribution in [0.5, 0.6) is 0 Å². The summed E-state index contributed by atoms with van der Waals surface area (Å²) >= 11 is 0. The van der Waals surface area contributed by atoms with Crippen LogP contribution in [0.2, 0.25) is 0 Å². The fourth-order valence-electron chi connectivity index (χ4n) is 4.32. The Morgan fingerprint density at radius 2 is 1.86 bits per heavy atom. The maximum atomic E-state index is 13.4. The summed E-state index contributed by atoms with van der Waals surface area (Å²) in [6.45, 7) is 3.98. The molecule has 5 rings (SSSR count). The number of rotatable bonds is 2. The molecule has 1 atom stereocenters. The SMILES string of the molecule is Cc1cccc([C@@H]2CC(=O)c3cnc4c(-c5ccc(F)cc5)c(C)nn4c3C2)c1. The molecule has 0 spiro atoms. The largest absolute Gasteiger partial charge is 0.294 e. The maximum absolute atomic E-state index is 13.4. The first-order valence-electron chi connectivity index (χ1n) is 9.74. The molecule has 0 unspecified atom stereocenters. The quantitative estimate of drug-likeness (QED) is 0.484. The highest BCUT2D eigenvalue weighted by atomic mass is 19.1. The molecule has 0 bridgehead atoms. The molecule has 2 aromatic carbocycles. The Morgan fingerprint density at radius 3 is 2.62 bits per heavy atom. The number of Topliss-reactive ketones (excluding diaryl/α,β-unsaturated/α-hetero) is 1. The van der Waals surface area contributed by atoms with Gasteiger partial charge in [0.2, 0.25) is 0 Å². The van der Waals surface area contributed by atoms with E-state index >= 15 is 0 Å². The fourth-order valence-corrected chi connectivity index (χ4v) is 4.32. The number of hydrogen-bond donors (Lipinski definition) is 0. The molecule has 5 heteroatoms. The molecule has 2 heterocycles. The third kappa shape index (κ3) is 2.94. The van der Waals surface area contributed by atoms with E-state index in [9.17, 15) is 9.18 Å². The van der Waals surface area contributed by atoms with Gasteiger partial charge in [-0.15, -0.1) is 0 Å². The summed E-state index contributed by atoms with van der Waals surface area (Å²) in [4.78, 5) is 17.4. The summed E-state index contributed by atoms with van der Waals surface area (Å²) in [7, 11) is 0. The van der Waals surface area contributed by atoms with Crippen molar-refractivity contribution in [3.8, 4) is 11.1 Å². The van der Waals surface area contributed by atoms with Crippen molar-refractivity contribution in [3.05, 3.63) is 88.6 Å². The van der Waals surface area contributed by atoms with Crippen molar-refractivity contribution in [1.82, 2.24) is 14.6 Å². The number of carbonyl (C=O) groups is 1. The first-order valence-corrected chi connectivity index (χ1v) is 9.74. The lowest BCUT2D eigenvalue weighted by Gasteiger charge is -2.24. The number of aryl methyl sites for hydroxylation is 2. The highest BCUT2D eigenvalue weighted by Crippen LogP contribution is 2.35. The topological polar surface area (TPSA) is 47.3 Å². The Kier molecular flexibility index (Phi) is 4.05. The molecular weight excluding hydrogens is 365 g/mol. The molecule has 4 aromatic rings. The molecule has 144 valence electrons. The second kappa shape index (κ2) is 6.62. The minimum atomic E-state index is -0.278. The summed E-state index contributed by atoms with van der Waals surface area (Å²) in [6.07, 6.45) is 2.88. The Morgan fingerprint density at radius 1 is 1.07 bits per heavy atom.